The van der Waals surface area contributed by atoms with Crippen molar-refractivity contribution in [1.29, 1.82) is 0 Å². The van der Waals surface area contributed by atoms with Gasteiger partial charge in [-0.25, -0.2) is 13.2 Å². The van der Waals surface area contributed by atoms with Crippen LogP contribution < -0.4 is 9.46 Å². The SMILES string of the molecule is COc1ccc(C(=O)O)c(NS(=O)(=O)c2ccccc2)c1. The van der Waals surface area contributed by atoms with Crippen LogP contribution in [0.25, 0.3) is 0 Å². The molecule has 0 aliphatic heterocycles. The van der Waals surface area contributed by atoms with Crippen LogP contribution in [-0.4, -0.2) is 26.6 Å². The number of carboxylic acid groups (broad SMARTS) is 1. The minimum atomic E-state index is -3.86. The van der Waals surface area contributed by atoms with Gasteiger partial charge in [0.05, 0.1) is 23.3 Å². The van der Waals surface area contributed by atoms with E-state index in [9.17, 15) is 13.2 Å². The predicted molar refractivity (Wildman–Crippen MR) is 77.2 cm³/mol. The summed E-state index contributed by atoms with van der Waals surface area (Å²) in [6, 6.07) is 11.7. The van der Waals surface area contributed by atoms with Crippen LogP contribution >= 0.6 is 0 Å². The molecule has 0 bridgehead atoms. The predicted octanol–water partition coefficient (Wildman–Crippen LogP) is 2.19. The Bertz CT molecular complexity index is 756. The first-order valence-electron chi connectivity index (χ1n) is 5.93. The molecule has 0 atom stereocenters. The molecular formula is C14H13NO5S. The van der Waals surface area contributed by atoms with Crippen LogP contribution in [0.4, 0.5) is 5.69 Å². The Morgan fingerprint density at radius 2 is 1.81 bits per heavy atom. The summed E-state index contributed by atoms with van der Waals surface area (Å²) in [6.07, 6.45) is 0. The molecule has 2 N–H and O–H groups in total. The Hall–Kier alpha value is -2.54. The van der Waals surface area contributed by atoms with Crippen LogP contribution in [0.2, 0.25) is 0 Å². The van der Waals surface area contributed by atoms with Gasteiger partial charge in [-0.15, -0.1) is 0 Å². The number of nitrogens with one attached hydrogen (secondary N) is 1. The number of hydrogen-bond donors (Lipinski definition) is 2. The van der Waals surface area contributed by atoms with E-state index in [1.54, 1.807) is 18.2 Å². The summed E-state index contributed by atoms with van der Waals surface area (Å²) in [5.41, 5.74) is -0.207. The average molecular weight is 307 g/mol. The van der Waals surface area contributed by atoms with Crippen LogP contribution in [0.1, 0.15) is 10.4 Å². The molecule has 7 heteroatoms. The van der Waals surface area contributed by atoms with Gasteiger partial charge in [-0.1, -0.05) is 18.2 Å². The molecule has 2 aromatic carbocycles. The van der Waals surface area contributed by atoms with Gasteiger partial charge in [0.25, 0.3) is 10.0 Å². The summed E-state index contributed by atoms with van der Waals surface area (Å²) >= 11 is 0. The minimum Gasteiger partial charge on any atom is -0.497 e. The van der Waals surface area contributed by atoms with Crippen LogP contribution in [-0.2, 0) is 10.0 Å². The number of benzene rings is 2. The highest BCUT2D eigenvalue weighted by atomic mass is 32.2. The Balaban J connectivity index is 2.45. The van der Waals surface area contributed by atoms with E-state index in [1.165, 1.54) is 37.4 Å². The van der Waals surface area contributed by atoms with Crippen molar-refractivity contribution in [3.63, 3.8) is 0 Å². The zero-order valence-corrected chi connectivity index (χ0v) is 11.9. The van der Waals surface area contributed by atoms with Crippen LogP contribution in [0.5, 0.6) is 5.75 Å². The van der Waals surface area contributed by atoms with Crippen molar-refractivity contribution in [2.45, 2.75) is 4.90 Å². The lowest BCUT2D eigenvalue weighted by Crippen LogP contribution is -2.15. The Morgan fingerprint density at radius 1 is 1.14 bits per heavy atom. The first-order chi connectivity index (χ1) is 9.94. The summed E-state index contributed by atoms with van der Waals surface area (Å²) in [7, 11) is -2.46. The number of rotatable bonds is 5. The third-order valence-corrected chi connectivity index (χ3v) is 4.14. The molecule has 0 amide bonds. The molecule has 0 spiro atoms. The van der Waals surface area contributed by atoms with Crippen molar-refractivity contribution in [2.24, 2.45) is 0 Å². The van der Waals surface area contributed by atoms with Gasteiger partial charge in [0.1, 0.15) is 5.75 Å². The van der Waals surface area contributed by atoms with Crippen molar-refractivity contribution < 1.29 is 23.1 Å². The van der Waals surface area contributed by atoms with Crippen molar-refractivity contribution in [3.8, 4) is 5.75 Å². The highest BCUT2D eigenvalue weighted by Gasteiger charge is 2.18. The summed E-state index contributed by atoms with van der Waals surface area (Å²) < 4.78 is 31.7. The molecule has 0 heterocycles. The molecular weight excluding hydrogens is 294 g/mol. The maximum atomic E-state index is 12.2. The second-order valence-electron chi connectivity index (χ2n) is 4.14. The Labute approximate surface area is 122 Å². The molecule has 2 aromatic rings. The highest BCUT2D eigenvalue weighted by Crippen LogP contribution is 2.25. The van der Waals surface area contributed by atoms with Gasteiger partial charge in [0, 0.05) is 6.07 Å². The van der Waals surface area contributed by atoms with Gasteiger partial charge in [-0.2, -0.15) is 0 Å². The first-order valence-corrected chi connectivity index (χ1v) is 7.41. The van der Waals surface area contributed by atoms with E-state index in [-0.39, 0.29) is 16.1 Å². The van der Waals surface area contributed by atoms with Gasteiger partial charge in [-0.3, -0.25) is 4.72 Å². The number of sulfonamides is 1. The smallest absolute Gasteiger partial charge is 0.337 e. The number of carbonyl (C=O) groups is 1. The highest BCUT2D eigenvalue weighted by molar-refractivity contribution is 7.92. The fourth-order valence-electron chi connectivity index (χ4n) is 1.72. The molecule has 110 valence electrons. The molecule has 0 fully saturated rings. The molecule has 0 radical (unpaired) electrons. The molecule has 0 aliphatic carbocycles. The second kappa shape index (κ2) is 5.84. The first kappa shape index (κ1) is 14.9. The maximum Gasteiger partial charge on any atom is 0.337 e. The van der Waals surface area contributed by atoms with Gasteiger partial charge < -0.3 is 9.84 Å². The molecule has 0 aliphatic rings. The lowest BCUT2D eigenvalue weighted by Gasteiger charge is -2.12. The molecule has 0 saturated heterocycles. The summed E-state index contributed by atoms with van der Waals surface area (Å²) in [4.78, 5) is 11.2. The standard InChI is InChI=1S/C14H13NO5S/c1-20-10-7-8-12(14(16)17)13(9-10)15-21(18,19)11-5-3-2-4-6-11/h2-9,15H,1H3,(H,16,17). The summed E-state index contributed by atoms with van der Waals surface area (Å²) in [5, 5.41) is 9.12. The number of ether oxygens (including phenoxy) is 1. The average Bonchev–Trinajstić information content (AvgIpc) is 2.47. The van der Waals surface area contributed by atoms with E-state index in [0.717, 1.165) is 0 Å². The molecule has 0 aromatic heterocycles. The fraction of sp³-hybridized carbons (Fsp3) is 0.0714. The van der Waals surface area contributed by atoms with Gasteiger partial charge in [0.2, 0.25) is 0 Å². The van der Waals surface area contributed by atoms with E-state index >= 15 is 0 Å². The van der Waals surface area contributed by atoms with Crippen LogP contribution in [0.3, 0.4) is 0 Å². The van der Waals surface area contributed by atoms with Crippen LogP contribution in [0, 0.1) is 0 Å². The number of carboxylic acids is 1. The maximum absolute atomic E-state index is 12.2. The number of aromatic carboxylic acids is 1. The molecule has 0 saturated carbocycles. The van der Waals surface area contributed by atoms with Crippen molar-refractivity contribution in [2.75, 3.05) is 11.8 Å². The van der Waals surface area contributed by atoms with E-state index in [1.807, 2.05) is 0 Å². The number of anilines is 1. The minimum absolute atomic E-state index is 0.0455. The monoisotopic (exact) mass is 307 g/mol. The van der Waals surface area contributed by atoms with E-state index in [4.69, 9.17) is 9.84 Å². The van der Waals surface area contributed by atoms with E-state index < -0.39 is 16.0 Å². The quantitative estimate of drug-likeness (QED) is 0.883. The molecule has 21 heavy (non-hydrogen) atoms. The molecule has 2 rings (SSSR count). The third kappa shape index (κ3) is 3.32. The summed E-state index contributed by atoms with van der Waals surface area (Å²) in [5.74, 6) is -0.880. The fourth-order valence-corrected chi connectivity index (χ4v) is 2.82. The van der Waals surface area contributed by atoms with Gasteiger partial charge >= 0.3 is 5.97 Å². The Kier molecular flexibility index (Phi) is 4.13. The van der Waals surface area contributed by atoms with Crippen molar-refractivity contribution in [3.05, 3.63) is 54.1 Å². The van der Waals surface area contributed by atoms with E-state index in [2.05, 4.69) is 4.72 Å². The number of hydrogen-bond acceptors (Lipinski definition) is 4. The zero-order valence-electron chi connectivity index (χ0n) is 11.1. The lowest BCUT2D eigenvalue weighted by molar-refractivity contribution is 0.0698. The Morgan fingerprint density at radius 3 is 2.38 bits per heavy atom. The van der Waals surface area contributed by atoms with Crippen molar-refractivity contribution >= 4 is 21.7 Å². The normalized spacial score (nSPS) is 10.9. The van der Waals surface area contributed by atoms with E-state index in [0.29, 0.717) is 5.75 Å². The second-order valence-corrected chi connectivity index (χ2v) is 5.82. The lowest BCUT2D eigenvalue weighted by atomic mass is 10.2. The largest absolute Gasteiger partial charge is 0.497 e. The van der Waals surface area contributed by atoms with Gasteiger partial charge in [-0.05, 0) is 24.3 Å². The number of methoxy groups -OCH3 is 1. The topological polar surface area (TPSA) is 92.7 Å². The van der Waals surface area contributed by atoms with Crippen LogP contribution in [0.15, 0.2) is 53.4 Å². The van der Waals surface area contributed by atoms with Gasteiger partial charge in [0.15, 0.2) is 0 Å². The molecule has 0 unspecified atom stereocenters. The summed E-state index contributed by atoms with van der Waals surface area (Å²) in [6.45, 7) is 0. The zero-order chi connectivity index (χ0) is 15.5. The van der Waals surface area contributed by atoms with Crippen molar-refractivity contribution in [1.82, 2.24) is 0 Å². The molecule has 6 nitrogen and oxygen atoms in total. The third-order valence-electron chi connectivity index (χ3n) is 2.75.